The van der Waals surface area contributed by atoms with Gasteiger partial charge in [0, 0.05) is 73.3 Å². The number of amides is 2. The van der Waals surface area contributed by atoms with E-state index in [1.807, 2.05) is 57.8 Å². The molecule has 82 heavy (non-hydrogen) atoms. The van der Waals surface area contributed by atoms with Crippen molar-refractivity contribution in [3.05, 3.63) is 108 Å². The van der Waals surface area contributed by atoms with Gasteiger partial charge in [-0.05, 0) is 163 Å². The number of anilines is 3. The smallest absolute Gasteiger partial charge is 0.271 e. The Labute approximate surface area is 498 Å². The number of hydrogen-bond donors (Lipinski definition) is 4. The molecule has 4 N–H and O–H groups in total. The van der Waals surface area contributed by atoms with E-state index >= 15 is 8.78 Å². The zero-order valence-electron chi connectivity index (χ0n) is 45.8. The minimum atomic E-state index is -4.71. The van der Waals surface area contributed by atoms with Crippen molar-refractivity contribution in [2.24, 2.45) is 5.92 Å². The van der Waals surface area contributed by atoms with Crippen LogP contribution in [0.3, 0.4) is 0 Å². The minimum absolute atomic E-state index is 0.0220. The Balaban J connectivity index is 0.916. The van der Waals surface area contributed by atoms with Gasteiger partial charge in [0.25, 0.3) is 53.3 Å². The largest absolute Gasteiger partial charge is 0.747 e. The quantitative estimate of drug-likeness (QED) is 0.0125. The second kappa shape index (κ2) is 30.5. The molecule has 2 aliphatic carbocycles. The molecule has 26 heteroatoms. The number of nitrogens with zero attached hydrogens (tertiary/aromatic N) is 4. The lowest BCUT2D eigenvalue weighted by molar-refractivity contribution is -0.135. The number of thioether (sulfide) groups is 2. The SMILES string of the molecule is CO[C@@H]1CCN(CC[C@H](CSc2ccccc2)Nc2ccc(S(=O)(=O)NC(=O)C3(F)CCCC(COCCN(C)CC[C@H](CSc4ccc(F)cc4)Nc4ccc(S(=O)(=O)NC(=O)C5(F)CCCCC5)cc4C#N)C3)cc2N([O-])I=O)C1. The number of halogens is 4. The van der Waals surface area contributed by atoms with Crippen molar-refractivity contribution >= 4 is 93.9 Å². The lowest BCUT2D eigenvalue weighted by atomic mass is 9.79. The molecule has 7 rings (SSSR count). The molecule has 1 saturated heterocycles. The molecule has 3 fully saturated rings. The lowest BCUT2D eigenvalue weighted by Crippen LogP contribution is -2.48. The molecule has 4 aromatic carbocycles. The summed E-state index contributed by atoms with van der Waals surface area (Å²) in [5.74, 6) is -2.31. The second-order valence-corrected chi connectivity index (χ2v) is 27.9. The van der Waals surface area contributed by atoms with E-state index in [4.69, 9.17) is 9.47 Å². The molecule has 0 bridgehead atoms. The van der Waals surface area contributed by atoms with Crippen molar-refractivity contribution in [1.82, 2.24) is 19.2 Å². The van der Waals surface area contributed by atoms with Gasteiger partial charge in [0.2, 0.25) is 0 Å². The van der Waals surface area contributed by atoms with Crippen LogP contribution in [0.5, 0.6) is 0 Å². The zero-order valence-corrected chi connectivity index (χ0v) is 51.3. The van der Waals surface area contributed by atoms with E-state index in [-0.39, 0.29) is 88.0 Å². The molecule has 3 aliphatic rings. The average molecular weight is 1330 g/mol. The maximum Gasteiger partial charge on any atom is 0.271 e. The molecule has 2 unspecified atom stereocenters. The fourth-order valence-corrected chi connectivity index (χ4v) is 14.9. The van der Waals surface area contributed by atoms with Gasteiger partial charge in [-0.3, -0.25) is 9.59 Å². The number of alkyl halides is 2. The van der Waals surface area contributed by atoms with Crippen LogP contribution < -0.4 is 23.4 Å². The Morgan fingerprint density at radius 2 is 1.43 bits per heavy atom. The number of likely N-dealkylation sites (tertiary alicyclic amines) is 1. The molecular weight excluding hydrogens is 1260 g/mol. The van der Waals surface area contributed by atoms with E-state index in [9.17, 15) is 44.4 Å². The summed E-state index contributed by atoms with van der Waals surface area (Å²) in [6.45, 7) is 3.69. The van der Waals surface area contributed by atoms with Gasteiger partial charge in [-0.2, -0.15) is 5.26 Å². The minimum Gasteiger partial charge on any atom is -0.747 e. The zero-order chi connectivity index (χ0) is 58.9. The van der Waals surface area contributed by atoms with E-state index in [0.717, 1.165) is 54.4 Å². The normalized spacial score (nSPS) is 20.1. The van der Waals surface area contributed by atoms with Crippen molar-refractivity contribution in [3.8, 4) is 6.07 Å². The predicted octanol–water partition coefficient (Wildman–Crippen LogP) is 9.71. The number of carbonyl (C=O) groups excluding carboxylic acids is 2. The number of sulfonamides is 2. The highest BCUT2D eigenvalue weighted by molar-refractivity contribution is 14.1. The van der Waals surface area contributed by atoms with E-state index < -0.39 is 75.5 Å². The number of nitrogens with one attached hydrogen (secondary N) is 4. The van der Waals surface area contributed by atoms with Crippen LogP contribution in [0.1, 0.15) is 82.6 Å². The molecular formula is C56H71F3IN8O10S4-. The molecule has 2 saturated carbocycles. The molecule has 1 heterocycles. The molecule has 448 valence electrons. The van der Waals surface area contributed by atoms with Gasteiger partial charge in [0.1, 0.15) is 11.9 Å². The molecule has 0 radical (unpaired) electrons. The number of likely N-dealkylation sites (N-methyl/N-ethyl adjacent to an activating group) is 1. The molecule has 5 atom stereocenters. The monoisotopic (exact) mass is 1330 g/mol. The van der Waals surface area contributed by atoms with Crippen molar-refractivity contribution in [1.29, 1.82) is 5.26 Å². The Morgan fingerprint density at radius 1 is 0.817 bits per heavy atom. The standard InChI is InChI=1S/C56H71F3IN8O10S4/c1-66(27-21-43(38-80-47-15-13-42(57)14-16-47)62-50-19-17-48(32-41(50)35-61)81(73,74)64-53(69)55(58)24-7-4-8-25-55)30-31-78-37-40-10-9-26-56(59,34-40)54(70)65-82(75,76)49-18-20-51(52(33-49)68(72)60-71)63-44(39-79-46-11-5-3-6-12-46)22-28-67-29-23-45(36-67)77-2/h3,5-6,11-20,32-33,40,43-45,62-63H,4,7-10,21-31,34,36-39H2,1-2H3,(H,64,69)(H,65,70)/q-1/t40?,43-,44-,45-,56?/m1/s1. The third-order valence-corrected chi connectivity index (χ3v) is 20.9. The van der Waals surface area contributed by atoms with Crippen molar-refractivity contribution in [3.63, 3.8) is 0 Å². The summed E-state index contributed by atoms with van der Waals surface area (Å²) in [4.78, 5) is 31.7. The van der Waals surface area contributed by atoms with E-state index in [2.05, 4.69) is 15.5 Å². The van der Waals surface area contributed by atoms with Crippen LogP contribution >= 0.6 is 45.0 Å². The maximum atomic E-state index is 16.6. The molecule has 4 aromatic rings. The molecule has 0 spiro atoms. The van der Waals surface area contributed by atoms with Crippen molar-refractivity contribution < 1.29 is 52.1 Å². The van der Waals surface area contributed by atoms with Crippen LogP contribution in [0.2, 0.25) is 0 Å². The third kappa shape index (κ3) is 18.7. The Morgan fingerprint density at radius 3 is 2.07 bits per heavy atom. The fourth-order valence-electron chi connectivity index (χ4n) is 10.2. The maximum absolute atomic E-state index is 16.6. The summed E-state index contributed by atoms with van der Waals surface area (Å²) in [6, 6.07) is 24.7. The van der Waals surface area contributed by atoms with E-state index in [1.165, 1.54) is 48.2 Å². The first-order valence-corrected chi connectivity index (χ1v) is 34.1. The van der Waals surface area contributed by atoms with Gasteiger partial charge in [-0.15, -0.1) is 23.5 Å². The van der Waals surface area contributed by atoms with Crippen LogP contribution in [0, 0.1) is 28.3 Å². The Hall–Kier alpha value is -4.57. The van der Waals surface area contributed by atoms with Crippen LogP contribution in [-0.2, 0) is 42.2 Å². The summed E-state index contributed by atoms with van der Waals surface area (Å²) in [6.07, 6.45) is 4.10. The fraction of sp³-hybridized carbons (Fsp3) is 0.518. The van der Waals surface area contributed by atoms with Gasteiger partial charge in [-0.1, -0.05) is 24.6 Å². The summed E-state index contributed by atoms with van der Waals surface area (Å²) in [5.41, 5.74) is -4.45. The van der Waals surface area contributed by atoms with Gasteiger partial charge >= 0.3 is 0 Å². The lowest BCUT2D eigenvalue weighted by Gasteiger charge is -2.33. The first-order valence-electron chi connectivity index (χ1n) is 27.3. The van der Waals surface area contributed by atoms with Crippen molar-refractivity contribution in [2.75, 3.05) is 85.5 Å². The highest BCUT2D eigenvalue weighted by Gasteiger charge is 2.45. The number of benzene rings is 4. The summed E-state index contributed by atoms with van der Waals surface area (Å²) >= 11 is 0.730. The van der Waals surface area contributed by atoms with Gasteiger partial charge < -0.3 is 38.4 Å². The average Bonchev–Trinajstić information content (AvgIpc) is 3.93. The molecule has 1 aliphatic heterocycles. The molecule has 18 nitrogen and oxygen atoms in total. The highest BCUT2D eigenvalue weighted by atomic mass is 127. The number of hydrogen-bond acceptors (Lipinski definition) is 17. The van der Waals surface area contributed by atoms with Crippen LogP contribution in [0.4, 0.5) is 30.2 Å². The first-order chi connectivity index (χ1) is 39.2. The topological polar surface area (TPSA) is 243 Å². The van der Waals surface area contributed by atoms with Gasteiger partial charge in [0.15, 0.2) is 11.3 Å². The Kier molecular flexibility index (Phi) is 24.2. The first kappa shape index (κ1) is 65.0. The summed E-state index contributed by atoms with van der Waals surface area (Å²) in [5, 5.41) is 29.9. The van der Waals surface area contributed by atoms with Crippen LogP contribution in [0.25, 0.3) is 0 Å². The van der Waals surface area contributed by atoms with E-state index in [1.54, 1.807) is 31.0 Å². The van der Waals surface area contributed by atoms with Crippen molar-refractivity contribution in [2.45, 2.75) is 126 Å². The third-order valence-electron chi connectivity index (χ3n) is 15.0. The number of ether oxygens (including phenoxy) is 2. The highest BCUT2D eigenvalue weighted by Crippen LogP contribution is 2.38. The van der Waals surface area contributed by atoms with Gasteiger partial charge in [-0.25, -0.2) is 42.5 Å². The number of rotatable bonds is 30. The Bertz CT molecular complexity index is 3060. The second-order valence-electron chi connectivity index (χ2n) is 21.1. The molecule has 2 amide bonds. The number of methoxy groups -OCH3 is 1. The summed E-state index contributed by atoms with van der Waals surface area (Å²) in [7, 11) is -5.65. The van der Waals surface area contributed by atoms with E-state index in [0.29, 0.717) is 68.8 Å². The van der Waals surface area contributed by atoms with Crippen LogP contribution in [0.15, 0.2) is 111 Å². The van der Waals surface area contributed by atoms with Crippen LogP contribution in [-0.4, -0.2) is 140 Å². The molecule has 0 aromatic heterocycles. The number of nitriles is 1. The summed E-state index contributed by atoms with van der Waals surface area (Å²) < 4.78 is 127. The van der Waals surface area contributed by atoms with Gasteiger partial charge in [0.05, 0.1) is 45.1 Å². The predicted molar refractivity (Wildman–Crippen MR) is 320 cm³/mol. The number of carbonyl (C=O) groups is 2.